The van der Waals surface area contributed by atoms with E-state index in [0.29, 0.717) is 23.8 Å². The molecule has 0 radical (unpaired) electrons. The fraction of sp³-hybridized carbons (Fsp3) is 0.136. The molecule has 0 spiro atoms. The van der Waals surface area contributed by atoms with E-state index in [9.17, 15) is 5.11 Å². The molecule has 0 aliphatic heterocycles. The third kappa shape index (κ3) is 3.86. The highest BCUT2D eigenvalue weighted by Crippen LogP contribution is 2.23. The predicted molar refractivity (Wildman–Crippen MR) is 116 cm³/mol. The van der Waals surface area contributed by atoms with Crippen LogP contribution in [0.3, 0.4) is 0 Å². The van der Waals surface area contributed by atoms with Gasteiger partial charge in [-0.15, -0.1) is 10.2 Å². The number of aromatic nitrogens is 7. The van der Waals surface area contributed by atoms with E-state index in [0.717, 1.165) is 22.6 Å². The molecule has 0 unspecified atom stereocenters. The summed E-state index contributed by atoms with van der Waals surface area (Å²) in [7, 11) is 1.84. The molecule has 0 amide bonds. The largest absolute Gasteiger partial charge is 0.385 e. The predicted octanol–water partition coefficient (Wildman–Crippen LogP) is 2.94. The number of benzene rings is 1. The molecule has 5 rings (SSSR count). The lowest BCUT2D eigenvalue weighted by Crippen LogP contribution is -2.07. The highest BCUT2D eigenvalue weighted by Gasteiger charge is 2.16. The first-order valence-electron chi connectivity index (χ1n) is 9.82. The van der Waals surface area contributed by atoms with Crippen molar-refractivity contribution in [3.05, 3.63) is 84.6 Å². The van der Waals surface area contributed by atoms with Gasteiger partial charge in [0.1, 0.15) is 11.9 Å². The molecule has 0 bridgehead atoms. The number of pyridine rings is 1. The van der Waals surface area contributed by atoms with E-state index in [2.05, 4.69) is 30.6 Å². The minimum atomic E-state index is -0.753. The zero-order chi connectivity index (χ0) is 21.2. The van der Waals surface area contributed by atoms with Crippen molar-refractivity contribution >= 4 is 17.4 Å². The zero-order valence-corrected chi connectivity index (χ0v) is 16.8. The first-order chi connectivity index (χ1) is 15.2. The third-order valence-electron chi connectivity index (χ3n) is 5.02. The number of nitrogens with one attached hydrogen (secondary N) is 1. The van der Waals surface area contributed by atoms with Gasteiger partial charge in [-0.25, -0.2) is 9.97 Å². The van der Waals surface area contributed by atoms with Crippen LogP contribution in [0.25, 0.3) is 16.9 Å². The standard InChI is InChI=1S/C22H20N8O/c1-29-19(8-11-24-29)26-22-23-10-7-17(25-22)16-9-12-30-20(14-16)27-28-21(30)18(31)13-15-5-3-2-4-6-15/h2-12,14,18,31H,13H2,1H3,(H,23,25,26)/t18-/m1/s1. The number of aliphatic hydroxyl groups excluding tert-OH is 1. The Morgan fingerprint density at radius 1 is 1.03 bits per heavy atom. The Labute approximate surface area is 178 Å². The van der Waals surface area contributed by atoms with Crippen LogP contribution in [0.4, 0.5) is 11.8 Å². The molecule has 0 saturated carbocycles. The molecule has 1 atom stereocenters. The molecule has 9 nitrogen and oxygen atoms in total. The number of fused-ring (bicyclic) bond motifs is 1. The van der Waals surface area contributed by atoms with Gasteiger partial charge in [0.25, 0.3) is 0 Å². The molecule has 9 heteroatoms. The first kappa shape index (κ1) is 18.9. The Morgan fingerprint density at radius 3 is 2.71 bits per heavy atom. The van der Waals surface area contributed by atoms with E-state index >= 15 is 0 Å². The van der Waals surface area contributed by atoms with Crippen LogP contribution in [0.1, 0.15) is 17.5 Å². The maximum absolute atomic E-state index is 10.7. The Kier molecular flexibility index (Phi) is 4.85. The number of hydrogen-bond donors (Lipinski definition) is 2. The monoisotopic (exact) mass is 412 g/mol. The van der Waals surface area contributed by atoms with Crippen LogP contribution >= 0.6 is 0 Å². The number of anilines is 2. The van der Waals surface area contributed by atoms with E-state index in [1.54, 1.807) is 21.5 Å². The first-order valence-corrected chi connectivity index (χ1v) is 9.82. The van der Waals surface area contributed by atoms with E-state index < -0.39 is 6.10 Å². The summed E-state index contributed by atoms with van der Waals surface area (Å²) in [6, 6.07) is 17.3. The zero-order valence-electron chi connectivity index (χ0n) is 16.8. The van der Waals surface area contributed by atoms with Gasteiger partial charge in [0.05, 0.1) is 11.9 Å². The van der Waals surface area contributed by atoms with Crippen molar-refractivity contribution in [1.29, 1.82) is 0 Å². The lowest BCUT2D eigenvalue weighted by molar-refractivity contribution is 0.167. The normalized spacial score (nSPS) is 12.2. The Morgan fingerprint density at radius 2 is 1.90 bits per heavy atom. The molecule has 1 aromatic carbocycles. The molecular formula is C22H20N8O. The van der Waals surface area contributed by atoms with Crippen molar-refractivity contribution in [2.45, 2.75) is 12.5 Å². The summed E-state index contributed by atoms with van der Waals surface area (Å²) in [5.41, 5.74) is 3.30. The van der Waals surface area contributed by atoms with Gasteiger partial charge in [-0.2, -0.15) is 5.10 Å². The lowest BCUT2D eigenvalue weighted by Gasteiger charge is -2.10. The Balaban J connectivity index is 1.41. The van der Waals surface area contributed by atoms with E-state index in [4.69, 9.17) is 0 Å². The maximum Gasteiger partial charge on any atom is 0.228 e. The summed E-state index contributed by atoms with van der Waals surface area (Å²) >= 11 is 0. The highest BCUT2D eigenvalue weighted by molar-refractivity contribution is 5.65. The fourth-order valence-corrected chi connectivity index (χ4v) is 3.42. The minimum absolute atomic E-state index is 0.471. The van der Waals surface area contributed by atoms with E-state index in [-0.39, 0.29) is 0 Å². The molecule has 4 aromatic heterocycles. The van der Waals surface area contributed by atoms with Gasteiger partial charge >= 0.3 is 0 Å². The SMILES string of the molecule is Cn1nccc1Nc1nccc(-c2ccn3c([C@H](O)Cc4ccccc4)nnc3c2)n1. The maximum atomic E-state index is 10.7. The molecule has 154 valence electrons. The lowest BCUT2D eigenvalue weighted by atomic mass is 10.1. The second-order valence-electron chi connectivity index (χ2n) is 7.14. The van der Waals surface area contributed by atoms with Crippen molar-refractivity contribution in [1.82, 2.24) is 34.3 Å². The molecule has 2 N–H and O–H groups in total. The number of hydrogen-bond acceptors (Lipinski definition) is 7. The van der Waals surface area contributed by atoms with Gasteiger partial charge in [0, 0.05) is 37.5 Å². The Bertz CT molecular complexity index is 1330. The van der Waals surface area contributed by atoms with Crippen molar-refractivity contribution in [3.8, 4) is 11.3 Å². The quantitative estimate of drug-likeness (QED) is 0.442. The molecule has 0 aliphatic rings. The van der Waals surface area contributed by atoms with Gasteiger partial charge in [-0.05, 0) is 23.8 Å². The van der Waals surface area contributed by atoms with Gasteiger partial charge in [-0.3, -0.25) is 9.08 Å². The molecule has 0 aliphatic carbocycles. The van der Waals surface area contributed by atoms with Crippen LogP contribution in [-0.2, 0) is 13.5 Å². The number of rotatable bonds is 6. The summed E-state index contributed by atoms with van der Waals surface area (Å²) in [6.07, 6.45) is 4.97. The topological polar surface area (TPSA) is 106 Å². The summed E-state index contributed by atoms with van der Waals surface area (Å²) < 4.78 is 3.51. The number of aryl methyl sites for hydroxylation is 1. The number of nitrogens with zero attached hydrogens (tertiary/aromatic N) is 7. The molecule has 5 aromatic rings. The van der Waals surface area contributed by atoms with Gasteiger partial charge in [0.2, 0.25) is 5.95 Å². The van der Waals surface area contributed by atoms with Crippen molar-refractivity contribution in [2.75, 3.05) is 5.32 Å². The van der Waals surface area contributed by atoms with Crippen LogP contribution in [-0.4, -0.2) is 39.5 Å². The Hall–Kier alpha value is -4.11. The molecular weight excluding hydrogens is 392 g/mol. The van der Waals surface area contributed by atoms with Crippen LogP contribution in [0.15, 0.2) is 73.2 Å². The summed E-state index contributed by atoms with van der Waals surface area (Å²) in [6.45, 7) is 0. The average Bonchev–Trinajstić information content (AvgIpc) is 3.40. The summed E-state index contributed by atoms with van der Waals surface area (Å²) in [4.78, 5) is 8.87. The van der Waals surface area contributed by atoms with Crippen molar-refractivity contribution in [2.24, 2.45) is 7.05 Å². The highest BCUT2D eigenvalue weighted by atomic mass is 16.3. The second kappa shape index (κ2) is 7.96. The van der Waals surface area contributed by atoms with Crippen LogP contribution in [0, 0.1) is 0 Å². The number of aliphatic hydroxyl groups is 1. The third-order valence-corrected chi connectivity index (χ3v) is 5.02. The van der Waals surface area contributed by atoms with Gasteiger partial charge < -0.3 is 10.4 Å². The molecule has 4 heterocycles. The van der Waals surface area contributed by atoms with E-state index in [1.165, 1.54) is 0 Å². The van der Waals surface area contributed by atoms with Crippen LogP contribution in [0.2, 0.25) is 0 Å². The van der Waals surface area contributed by atoms with E-state index in [1.807, 2.05) is 67.8 Å². The molecule has 31 heavy (non-hydrogen) atoms. The average molecular weight is 412 g/mol. The van der Waals surface area contributed by atoms with Crippen LogP contribution < -0.4 is 5.32 Å². The second-order valence-corrected chi connectivity index (χ2v) is 7.14. The van der Waals surface area contributed by atoms with Gasteiger partial charge in [0.15, 0.2) is 11.5 Å². The summed E-state index contributed by atoms with van der Waals surface area (Å²) in [5.74, 6) is 1.77. The fourth-order valence-electron chi connectivity index (χ4n) is 3.42. The van der Waals surface area contributed by atoms with Crippen molar-refractivity contribution < 1.29 is 5.11 Å². The molecule has 0 saturated heterocycles. The summed E-state index contributed by atoms with van der Waals surface area (Å²) in [5, 5.41) is 26.4. The van der Waals surface area contributed by atoms with Crippen LogP contribution in [0.5, 0.6) is 0 Å². The van der Waals surface area contributed by atoms with Crippen molar-refractivity contribution in [3.63, 3.8) is 0 Å². The van der Waals surface area contributed by atoms with Gasteiger partial charge in [-0.1, -0.05) is 30.3 Å². The molecule has 0 fully saturated rings. The minimum Gasteiger partial charge on any atom is -0.385 e. The smallest absolute Gasteiger partial charge is 0.228 e.